The number of alkyl halides is 3. The first-order valence-corrected chi connectivity index (χ1v) is 3.88. The van der Waals surface area contributed by atoms with Crippen molar-refractivity contribution in [3.63, 3.8) is 0 Å². The molecule has 6 heteroatoms. The van der Waals surface area contributed by atoms with Gasteiger partial charge in [0.2, 0.25) is 0 Å². The van der Waals surface area contributed by atoms with Gasteiger partial charge < -0.3 is 9.84 Å². The Labute approximate surface area is 82.9 Å². The Balaban J connectivity index is 2.75. The molecule has 0 saturated carbocycles. The van der Waals surface area contributed by atoms with E-state index in [4.69, 9.17) is 5.11 Å². The molecule has 1 aromatic carbocycles. The van der Waals surface area contributed by atoms with Crippen molar-refractivity contribution < 1.29 is 23.0 Å². The molecule has 1 aromatic rings. The zero-order valence-corrected chi connectivity index (χ0v) is 7.52. The summed E-state index contributed by atoms with van der Waals surface area (Å²) in [4.78, 5) is 0. The lowest BCUT2D eigenvalue weighted by molar-refractivity contribution is -0.0677. The van der Waals surface area contributed by atoms with Crippen LogP contribution in [0, 0.1) is 0 Å². The van der Waals surface area contributed by atoms with Crippen molar-refractivity contribution in [2.75, 3.05) is 0 Å². The lowest BCUT2D eigenvalue weighted by Crippen LogP contribution is -2.25. The van der Waals surface area contributed by atoms with E-state index in [1.807, 2.05) is 0 Å². The minimum Gasteiger partial charge on any atom is -0.508 e. The van der Waals surface area contributed by atoms with Gasteiger partial charge in [-0.1, -0.05) is 6.07 Å². The van der Waals surface area contributed by atoms with E-state index in [2.05, 4.69) is 17.0 Å². The molecule has 0 unspecified atom stereocenters. The summed E-state index contributed by atoms with van der Waals surface area (Å²) in [7, 11) is 0. The second-order valence-electron chi connectivity index (χ2n) is 2.38. The minimum absolute atomic E-state index is 0.146. The molecular weight excluding hydrogens is 217 g/mol. The van der Waals surface area contributed by atoms with Gasteiger partial charge in [0.15, 0.2) is 0 Å². The maximum absolute atomic E-state index is 11.9. The van der Waals surface area contributed by atoms with Crippen LogP contribution in [0.3, 0.4) is 0 Å². The van der Waals surface area contributed by atoms with Crippen LogP contribution in [-0.4, -0.2) is 16.3 Å². The van der Waals surface area contributed by atoms with Gasteiger partial charge in [-0.3, -0.25) is 0 Å². The highest BCUT2D eigenvalue weighted by atomic mass is 32.1. The third kappa shape index (κ3) is 2.88. The van der Waals surface area contributed by atoms with Crippen molar-refractivity contribution in [2.45, 2.75) is 6.18 Å². The number of ether oxygens (including phenoxy) is 1. The first-order valence-electron chi connectivity index (χ1n) is 3.47. The van der Waals surface area contributed by atoms with E-state index in [9.17, 15) is 13.2 Å². The minimum atomic E-state index is -4.67. The second kappa shape index (κ2) is 3.83. The summed E-state index contributed by atoms with van der Waals surface area (Å²) in [5.41, 5.74) is 0. The highest BCUT2D eigenvalue weighted by molar-refractivity contribution is 7.80. The summed E-state index contributed by atoms with van der Waals surface area (Å²) < 4.78 is 40.0. The van der Waals surface area contributed by atoms with E-state index in [0.29, 0.717) is 0 Å². The largest absolute Gasteiger partial charge is 0.508 e. The van der Waals surface area contributed by atoms with Crippen molar-refractivity contribution in [1.82, 2.24) is 0 Å². The molecule has 0 amide bonds. The summed E-state index contributed by atoms with van der Waals surface area (Å²) in [6.45, 7) is 0. The van der Waals surface area contributed by atoms with Crippen LogP contribution in [0.25, 0.3) is 0 Å². The molecule has 1 rings (SSSR count). The standard InChI is InChI=1S/C8H5F3O2S/c9-8(10,11)7(14)13-6-3-1-2-5(12)4-6/h1-4,12H. The molecule has 14 heavy (non-hydrogen) atoms. The number of phenolic OH excluding ortho intramolecular Hbond substituents is 1. The maximum Gasteiger partial charge on any atom is 0.460 e. The van der Waals surface area contributed by atoms with Gasteiger partial charge in [0.25, 0.3) is 5.05 Å². The van der Waals surface area contributed by atoms with Gasteiger partial charge in [-0.15, -0.1) is 0 Å². The molecule has 0 bridgehead atoms. The van der Waals surface area contributed by atoms with Crippen molar-refractivity contribution in [2.24, 2.45) is 0 Å². The van der Waals surface area contributed by atoms with E-state index in [1.165, 1.54) is 18.2 Å². The Hall–Kier alpha value is -1.30. The molecule has 76 valence electrons. The summed E-state index contributed by atoms with van der Waals surface area (Å²) in [6.07, 6.45) is -4.67. The van der Waals surface area contributed by atoms with Crippen LogP contribution in [0.2, 0.25) is 0 Å². The van der Waals surface area contributed by atoms with E-state index in [0.717, 1.165) is 6.07 Å². The predicted octanol–water partition coefficient (Wildman–Crippen LogP) is 2.66. The van der Waals surface area contributed by atoms with E-state index in [-0.39, 0.29) is 11.5 Å². The molecule has 0 fully saturated rings. The van der Waals surface area contributed by atoms with Crippen LogP contribution in [0.5, 0.6) is 11.5 Å². The van der Waals surface area contributed by atoms with Crippen LogP contribution >= 0.6 is 12.2 Å². The van der Waals surface area contributed by atoms with Crippen LogP contribution in [-0.2, 0) is 0 Å². The highest BCUT2D eigenvalue weighted by Gasteiger charge is 2.36. The van der Waals surface area contributed by atoms with E-state index in [1.54, 1.807) is 0 Å². The van der Waals surface area contributed by atoms with Crippen molar-refractivity contribution >= 4 is 17.3 Å². The lowest BCUT2D eigenvalue weighted by atomic mass is 10.3. The molecule has 0 spiro atoms. The topological polar surface area (TPSA) is 29.5 Å². The summed E-state index contributed by atoms with van der Waals surface area (Å²) in [5.74, 6) is -0.334. The van der Waals surface area contributed by atoms with Gasteiger partial charge >= 0.3 is 6.18 Å². The Kier molecular flexibility index (Phi) is 2.95. The number of aromatic hydroxyl groups is 1. The maximum atomic E-state index is 11.9. The van der Waals surface area contributed by atoms with Crippen LogP contribution in [0.15, 0.2) is 24.3 Å². The van der Waals surface area contributed by atoms with Crippen LogP contribution in [0.4, 0.5) is 13.2 Å². The molecule has 0 saturated heterocycles. The van der Waals surface area contributed by atoms with Gasteiger partial charge in [0.1, 0.15) is 11.5 Å². The first kappa shape index (κ1) is 10.8. The number of hydrogen-bond acceptors (Lipinski definition) is 3. The van der Waals surface area contributed by atoms with Crippen LogP contribution < -0.4 is 4.74 Å². The average molecular weight is 222 g/mol. The Morgan fingerprint density at radius 2 is 2.00 bits per heavy atom. The molecule has 1 N–H and O–H groups in total. The van der Waals surface area contributed by atoms with E-state index >= 15 is 0 Å². The van der Waals surface area contributed by atoms with E-state index < -0.39 is 11.2 Å². The number of hydrogen-bond donors (Lipinski definition) is 1. The third-order valence-corrected chi connectivity index (χ3v) is 1.57. The Morgan fingerprint density at radius 1 is 1.36 bits per heavy atom. The van der Waals surface area contributed by atoms with Crippen molar-refractivity contribution in [1.29, 1.82) is 0 Å². The second-order valence-corrected chi connectivity index (χ2v) is 2.76. The fourth-order valence-electron chi connectivity index (χ4n) is 0.712. The number of rotatable bonds is 1. The van der Waals surface area contributed by atoms with Gasteiger partial charge in [-0.05, 0) is 24.4 Å². The zero-order valence-electron chi connectivity index (χ0n) is 6.71. The number of benzene rings is 1. The SMILES string of the molecule is Oc1cccc(OC(=S)C(F)(F)F)c1. The Bertz CT molecular complexity index is 349. The molecule has 0 aliphatic carbocycles. The number of halogens is 3. The molecule has 0 aliphatic heterocycles. The fourth-order valence-corrected chi connectivity index (χ4v) is 0.808. The fraction of sp³-hybridized carbons (Fsp3) is 0.125. The summed E-state index contributed by atoms with van der Waals surface area (Å²) in [5, 5.41) is 7.44. The number of thiocarbonyl (C=S) groups is 1. The van der Waals surface area contributed by atoms with Gasteiger partial charge in [-0.2, -0.15) is 13.2 Å². The normalized spacial score (nSPS) is 11.1. The molecule has 0 heterocycles. The summed E-state index contributed by atoms with van der Waals surface area (Å²) in [6, 6.07) is 4.96. The Morgan fingerprint density at radius 3 is 2.50 bits per heavy atom. The summed E-state index contributed by atoms with van der Waals surface area (Å²) >= 11 is 3.99. The number of phenols is 1. The molecule has 0 aromatic heterocycles. The monoisotopic (exact) mass is 222 g/mol. The molecule has 0 aliphatic rings. The van der Waals surface area contributed by atoms with Crippen molar-refractivity contribution in [3.8, 4) is 11.5 Å². The molecule has 0 radical (unpaired) electrons. The third-order valence-electron chi connectivity index (χ3n) is 1.26. The molecule has 2 nitrogen and oxygen atoms in total. The van der Waals surface area contributed by atoms with Gasteiger partial charge in [0.05, 0.1) is 0 Å². The van der Waals surface area contributed by atoms with Crippen molar-refractivity contribution in [3.05, 3.63) is 24.3 Å². The molecular formula is C8H5F3O2S. The van der Waals surface area contributed by atoms with Gasteiger partial charge in [-0.25, -0.2) is 0 Å². The zero-order chi connectivity index (χ0) is 10.8. The first-order chi connectivity index (χ1) is 6.39. The molecule has 0 atom stereocenters. The van der Waals surface area contributed by atoms with Crippen LogP contribution in [0.1, 0.15) is 0 Å². The highest BCUT2D eigenvalue weighted by Crippen LogP contribution is 2.23. The average Bonchev–Trinajstić information content (AvgIpc) is 2.02. The lowest BCUT2D eigenvalue weighted by Gasteiger charge is -2.09. The van der Waals surface area contributed by atoms with Gasteiger partial charge in [0, 0.05) is 6.07 Å². The quantitative estimate of drug-likeness (QED) is 0.741. The smallest absolute Gasteiger partial charge is 0.460 e. The predicted molar refractivity (Wildman–Crippen MR) is 47.4 cm³/mol.